The molecule has 28 heavy (non-hydrogen) atoms. The van der Waals surface area contributed by atoms with E-state index in [-0.39, 0.29) is 12.5 Å². The van der Waals surface area contributed by atoms with Crippen molar-refractivity contribution in [2.45, 2.75) is 6.42 Å². The van der Waals surface area contributed by atoms with E-state index in [1.807, 2.05) is 24.4 Å². The summed E-state index contributed by atoms with van der Waals surface area (Å²) in [5, 5.41) is 3.86. The van der Waals surface area contributed by atoms with Gasteiger partial charge in [0.25, 0.3) is 11.7 Å². The second kappa shape index (κ2) is 7.19. The molecule has 0 atom stereocenters. The third-order valence-electron chi connectivity index (χ3n) is 4.87. The first-order chi connectivity index (χ1) is 13.6. The molecule has 0 radical (unpaired) electrons. The topological polar surface area (TPSA) is 91.5 Å². The fourth-order valence-corrected chi connectivity index (χ4v) is 3.43. The number of nitrogens with one attached hydrogen (secondary N) is 2. The van der Waals surface area contributed by atoms with Gasteiger partial charge >= 0.3 is 0 Å². The smallest absolute Gasteiger partial charge is 0.299 e. The maximum atomic E-state index is 12.3. The van der Waals surface area contributed by atoms with Gasteiger partial charge in [0.05, 0.1) is 18.4 Å². The molecule has 0 saturated heterocycles. The quantitative estimate of drug-likeness (QED) is 0.644. The number of fused-ring (bicyclic) bond motifs is 2. The van der Waals surface area contributed by atoms with Gasteiger partial charge in [-0.15, -0.1) is 0 Å². The molecule has 0 unspecified atom stereocenters. The van der Waals surface area contributed by atoms with Crippen molar-refractivity contribution in [2.75, 3.05) is 25.1 Å². The van der Waals surface area contributed by atoms with Crippen LogP contribution in [0, 0.1) is 0 Å². The summed E-state index contributed by atoms with van der Waals surface area (Å²) in [5.41, 5.74) is 2.89. The number of benzene rings is 2. The number of methoxy groups -OCH3 is 1. The van der Waals surface area contributed by atoms with Crippen molar-refractivity contribution in [1.82, 2.24) is 10.3 Å². The Morgan fingerprint density at radius 3 is 2.82 bits per heavy atom. The van der Waals surface area contributed by atoms with Crippen LogP contribution >= 0.6 is 0 Å². The summed E-state index contributed by atoms with van der Waals surface area (Å²) < 4.78 is 5.26. The summed E-state index contributed by atoms with van der Waals surface area (Å²) in [7, 11) is 1.62. The molecule has 0 spiro atoms. The van der Waals surface area contributed by atoms with Crippen LogP contribution in [0.3, 0.4) is 0 Å². The molecule has 4 rings (SSSR count). The Morgan fingerprint density at radius 2 is 2.00 bits per heavy atom. The number of Topliss-reactive ketones (excluding diaryl/α,β-unsaturated/α-hetero) is 1. The van der Waals surface area contributed by atoms with E-state index in [9.17, 15) is 14.4 Å². The van der Waals surface area contributed by atoms with Crippen molar-refractivity contribution in [2.24, 2.45) is 0 Å². The second-order valence-corrected chi connectivity index (χ2v) is 6.56. The number of anilines is 1. The number of hydrogen-bond donors (Lipinski definition) is 2. The Morgan fingerprint density at radius 1 is 1.18 bits per heavy atom. The zero-order chi connectivity index (χ0) is 19.7. The van der Waals surface area contributed by atoms with Gasteiger partial charge in [-0.05, 0) is 42.3 Å². The molecule has 0 saturated carbocycles. The first-order valence-corrected chi connectivity index (χ1v) is 8.94. The fourth-order valence-electron chi connectivity index (χ4n) is 3.43. The van der Waals surface area contributed by atoms with E-state index in [1.165, 1.54) is 4.90 Å². The van der Waals surface area contributed by atoms with Crippen molar-refractivity contribution in [3.63, 3.8) is 0 Å². The molecule has 2 amide bonds. The predicted molar refractivity (Wildman–Crippen MR) is 105 cm³/mol. The minimum atomic E-state index is -0.667. The summed E-state index contributed by atoms with van der Waals surface area (Å²) >= 11 is 0. The lowest BCUT2D eigenvalue weighted by molar-refractivity contribution is -0.122. The molecular formula is C21H19N3O4. The Labute approximate surface area is 161 Å². The number of carbonyl (C=O) groups is 3. The summed E-state index contributed by atoms with van der Waals surface area (Å²) in [6.07, 6.45) is 2.54. The summed E-state index contributed by atoms with van der Waals surface area (Å²) in [5.74, 6) is -0.778. The van der Waals surface area contributed by atoms with Gasteiger partial charge < -0.3 is 15.0 Å². The maximum Gasteiger partial charge on any atom is 0.299 e. The number of para-hydroxylation sites is 1. The molecule has 7 nitrogen and oxygen atoms in total. The molecule has 0 bridgehead atoms. The van der Waals surface area contributed by atoms with Gasteiger partial charge in [0.15, 0.2) is 0 Å². The number of aromatic amines is 1. The van der Waals surface area contributed by atoms with Crippen molar-refractivity contribution in [1.29, 1.82) is 0 Å². The minimum absolute atomic E-state index is 0.177. The third-order valence-corrected chi connectivity index (χ3v) is 4.87. The number of rotatable bonds is 6. The summed E-state index contributed by atoms with van der Waals surface area (Å²) in [4.78, 5) is 40.9. The highest BCUT2D eigenvalue weighted by atomic mass is 16.5. The number of nitrogens with zero attached hydrogens (tertiary/aromatic N) is 1. The number of hydrogen-bond acceptors (Lipinski definition) is 4. The summed E-state index contributed by atoms with van der Waals surface area (Å²) in [6, 6.07) is 12.5. The van der Waals surface area contributed by atoms with Gasteiger partial charge in [0.2, 0.25) is 5.91 Å². The molecule has 2 N–H and O–H groups in total. The number of ketones is 1. The molecule has 1 aromatic heterocycles. The van der Waals surface area contributed by atoms with Crippen molar-refractivity contribution in [3.8, 4) is 5.75 Å². The van der Waals surface area contributed by atoms with E-state index in [2.05, 4.69) is 10.3 Å². The van der Waals surface area contributed by atoms with Crippen LogP contribution in [0.5, 0.6) is 5.75 Å². The average molecular weight is 377 g/mol. The third kappa shape index (κ3) is 3.11. The largest absolute Gasteiger partial charge is 0.497 e. The van der Waals surface area contributed by atoms with Gasteiger partial charge in [0, 0.05) is 23.6 Å². The standard InChI is InChI=1S/C21H19N3O4/c1-28-14-6-7-17-16(10-14)13(11-23-17)8-9-22-19(25)12-24-18-5-3-2-4-15(18)20(26)21(24)27/h2-7,10-11,23H,8-9,12H2,1H3,(H,22,25). The lowest BCUT2D eigenvalue weighted by Gasteiger charge is -2.16. The van der Waals surface area contributed by atoms with Gasteiger partial charge in [-0.1, -0.05) is 12.1 Å². The Kier molecular flexibility index (Phi) is 4.57. The average Bonchev–Trinajstić information content (AvgIpc) is 3.22. The summed E-state index contributed by atoms with van der Waals surface area (Å²) in [6.45, 7) is 0.240. The highest BCUT2D eigenvalue weighted by Crippen LogP contribution is 2.28. The molecule has 1 aliphatic heterocycles. The van der Waals surface area contributed by atoms with Crippen molar-refractivity contribution in [3.05, 3.63) is 59.8 Å². The molecule has 2 heterocycles. The van der Waals surface area contributed by atoms with Crippen LogP contribution in [-0.4, -0.2) is 42.8 Å². The van der Waals surface area contributed by atoms with Crippen LogP contribution in [0.15, 0.2) is 48.7 Å². The predicted octanol–water partition coefficient (Wildman–Crippen LogP) is 2.06. The zero-order valence-electron chi connectivity index (χ0n) is 15.3. The lowest BCUT2D eigenvalue weighted by Crippen LogP contribution is -2.40. The van der Waals surface area contributed by atoms with Crippen molar-refractivity contribution >= 4 is 34.2 Å². The monoisotopic (exact) mass is 377 g/mol. The molecule has 142 valence electrons. The fraction of sp³-hybridized carbons (Fsp3) is 0.190. The van der Waals surface area contributed by atoms with Crippen LogP contribution < -0.4 is 15.0 Å². The van der Waals surface area contributed by atoms with E-state index in [4.69, 9.17) is 4.74 Å². The minimum Gasteiger partial charge on any atom is -0.497 e. The van der Waals surface area contributed by atoms with Crippen LogP contribution in [0.4, 0.5) is 5.69 Å². The van der Waals surface area contributed by atoms with E-state index in [1.54, 1.807) is 31.4 Å². The Hall–Kier alpha value is -3.61. The van der Waals surface area contributed by atoms with Gasteiger partial charge in [-0.25, -0.2) is 0 Å². The number of carbonyl (C=O) groups excluding carboxylic acids is 3. The van der Waals surface area contributed by atoms with Crippen LogP contribution in [0.1, 0.15) is 15.9 Å². The highest BCUT2D eigenvalue weighted by Gasteiger charge is 2.36. The van der Waals surface area contributed by atoms with Crippen LogP contribution in [0.25, 0.3) is 10.9 Å². The number of amides is 2. The van der Waals surface area contributed by atoms with E-state index in [0.29, 0.717) is 24.2 Å². The first-order valence-electron chi connectivity index (χ1n) is 8.94. The van der Waals surface area contributed by atoms with Gasteiger partial charge in [-0.3, -0.25) is 19.3 Å². The van der Waals surface area contributed by atoms with E-state index < -0.39 is 11.7 Å². The lowest BCUT2D eigenvalue weighted by atomic mass is 10.1. The molecule has 2 aromatic carbocycles. The number of H-pyrrole nitrogens is 1. The SMILES string of the molecule is COc1ccc2[nH]cc(CCNC(=O)CN3C(=O)C(=O)c4ccccc43)c2c1. The first kappa shape index (κ1) is 17.8. The van der Waals surface area contributed by atoms with Gasteiger partial charge in [0.1, 0.15) is 12.3 Å². The zero-order valence-corrected chi connectivity index (χ0v) is 15.3. The Balaban J connectivity index is 1.38. The molecule has 7 heteroatoms. The highest BCUT2D eigenvalue weighted by molar-refractivity contribution is 6.52. The van der Waals surface area contributed by atoms with Crippen LogP contribution in [-0.2, 0) is 16.0 Å². The molecule has 0 fully saturated rings. The molecule has 1 aliphatic rings. The maximum absolute atomic E-state index is 12.3. The Bertz CT molecular complexity index is 1090. The second-order valence-electron chi connectivity index (χ2n) is 6.56. The molecule has 0 aliphatic carbocycles. The van der Waals surface area contributed by atoms with Gasteiger partial charge in [-0.2, -0.15) is 0 Å². The number of ether oxygens (including phenoxy) is 1. The number of aromatic nitrogens is 1. The van der Waals surface area contributed by atoms with Crippen LogP contribution in [0.2, 0.25) is 0 Å². The normalized spacial score (nSPS) is 13.1. The van der Waals surface area contributed by atoms with E-state index >= 15 is 0 Å². The molecular weight excluding hydrogens is 358 g/mol. The van der Waals surface area contributed by atoms with Crippen molar-refractivity contribution < 1.29 is 19.1 Å². The molecule has 3 aromatic rings. The van der Waals surface area contributed by atoms with E-state index in [0.717, 1.165) is 22.2 Å².